The third kappa shape index (κ3) is 8.87. The van der Waals surface area contributed by atoms with Crippen molar-refractivity contribution in [1.29, 1.82) is 0 Å². The molecule has 4 rings (SSSR count). The molecule has 0 amide bonds. The Kier molecular flexibility index (Phi) is 10.9. The van der Waals surface area contributed by atoms with Crippen molar-refractivity contribution in [2.45, 2.75) is 34.3 Å². The summed E-state index contributed by atoms with van der Waals surface area (Å²) in [6.07, 6.45) is 7.52. The van der Waals surface area contributed by atoms with E-state index in [1.807, 2.05) is 68.3 Å². The van der Waals surface area contributed by atoms with Crippen molar-refractivity contribution >= 4 is 93.1 Å². The van der Waals surface area contributed by atoms with E-state index in [0.29, 0.717) is 17.7 Å². The largest absolute Gasteiger partial charge is 0.460 e. The molecule has 1 saturated carbocycles. The minimum atomic E-state index is -1.98. The number of allylic oxidation sites excluding steroid dienone is 3. The number of esters is 1. The first-order chi connectivity index (χ1) is 20.5. The third-order valence-electron chi connectivity index (χ3n) is 7.03. The van der Waals surface area contributed by atoms with Crippen LogP contribution in [0.2, 0.25) is 0 Å². The first kappa shape index (κ1) is 34.5. The lowest BCUT2D eigenvalue weighted by molar-refractivity contribution is -0.121. The number of ketones is 1. The molecule has 232 valence electrons. The highest BCUT2D eigenvalue weighted by Gasteiger charge is 2.36. The summed E-state index contributed by atoms with van der Waals surface area (Å²) in [6, 6.07) is 14.3. The molecule has 1 heterocycles. The number of nitrogens with zero attached hydrogens (tertiary/aromatic N) is 4. The fourth-order valence-electron chi connectivity index (χ4n) is 4.38. The number of anilines is 1. The topological polar surface area (TPSA) is 85.3 Å². The van der Waals surface area contributed by atoms with Crippen LogP contribution in [0.15, 0.2) is 66.3 Å². The summed E-state index contributed by atoms with van der Waals surface area (Å²) < 4.78 is 1.51. The van der Waals surface area contributed by atoms with Gasteiger partial charge in [0.15, 0.2) is 23.3 Å². The maximum absolute atomic E-state index is 12.7. The number of hydrogen-bond acceptors (Lipinski definition) is 7. The number of aromatic nitrogens is 3. The third-order valence-corrected chi connectivity index (χ3v) is 8.04. The van der Waals surface area contributed by atoms with Crippen LogP contribution in [0.5, 0.6) is 0 Å². The second kappa shape index (κ2) is 13.9. The average molecular weight is 717 g/mol. The Morgan fingerprint density at radius 3 is 2.05 bits per heavy atom. The van der Waals surface area contributed by atoms with Crippen LogP contribution in [0.3, 0.4) is 0 Å². The van der Waals surface area contributed by atoms with Gasteiger partial charge in [-0.25, -0.2) is 19.7 Å². The van der Waals surface area contributed by atoms with Crippen molar-refractivity contribution in [3.05, 3.63) is 89.0 Å². The first-order valence-corrected chi connectivity index (χ1v) is 15.7. The number of alkyl halides is 6. The Balaban J connectivity index is 1.32. The molecule has 0 atom stereocenters. The molecule has 1 aromatic heterocycles. The Bertz CT molecular complexity index is 1550. The second-order valence-corrected chi connectivity index (χ2v) is 15.4. The zero-order valence-electron chi connectivity index (χ0n) is 24.0. The van der Waals surface area contributed by atoms with Gasteiger partial charge < -0.3 is 9.64 Å². The average Bonchev–Trinajstić information content (AvgIpc) is 3.23. The highest BCUT2D eigenvalue weighted by atomic mass is 35.6. The number of likely N-dealkylation sites (N-methyl/N-ethyl adjacent to an activating group) is 1. The fraction of sp³-hybridized carbons (Fsp3) is 0.323. The molecule has 1 fully saturated rings. The van der Waals surface area contributed by atoms with Crippen LogP contribution < -0.4 is 4.90 Å². The molecule has 2 aromatic carbocycles. The smallest absolute Gasteiger partial charge is 0.338 e. The summed E-state index contributed by atoms with van der Waals surface area (Å²) in [5.74, 6) is -0.610. The summed E-state index contributed by atoms with van der Waals surface area (Å²) in [4.78, 5) is 39.3. The van der Waals surface area contributed by atoms with Gasteiger partial charge in [0.05, 0.1) is 12.1 Å². The maximum atomic E-state index is 12.7. The number of halogens is 6. The lowest BCUT2D eigenvalue weighted by Crippen LogP contribution is -2.23. The quantitative estimate of drug-likeness (QED) is 0.131. The minimum Gasteiger partial charge on any atom is -0.460 e. The first-order valence-electron chi connectivity index (χ1n) is 13.5. The molecule has 13 heteroatoms. The highest BCUT2D eigenvalue weighted by Crippen LogP contribution is 2.41. The van der Waals surface area contributed by atoms with E-state index in [0.717, 1.165) is 29.7 Å². The SMILES string of the molecule is CN(CCOC(=O)c1ccc(-c2nc(C(Cl)(Cl)Cl)nc(C(Cl)(Cl)Cl)n2)cc1)c1ccc(/C=C/C=C2\CCC(C)(C)C2=O)cc1. The Morgan fingerprint density at radius 1 is 0.932 bits per heavy atom. The van der Waals surface area contributed by atoms with Crippen LogP contribution in [0, 0.1) is 5.41 Å². The van der Waals surface area contributed by atoms with Gasteiger partial charge in [-0.1, -0.05) is 126 Å². The zero-order valence-corrected chi connectivity index (χ0v) is 28.5. The van der Waals surface area contributed by atoms with Gasteiger partial charge in [0, 0.05) is 23.7 Å². The molecule has 0 aliphatic heterocycles. The van der Waals surface area contributed by atoms with E-state index < -0.39 is 13.6 Å². The molecule has 3 aromatic rings. The Hall–Kier alpha value is -2.39. The summed E-state index contributed by atoms with van der Waals surface area (Å²) in [7, 11) is 1.91. The number of ether oxygens (including phenoxy) is 1. The Labute approximate surface area is 286 Å². The predicted molar refractivity (Wildman–Crippen MR) is 179 cm³/mol. The predicted octanol–water partition coefficient (Wildman–Crippen LogP) is 8.81. The van der Waals surface area contributed by atoms with Gasteiger partial charge in [0.25, 0.3) is 0 Å². The molecule has 0 unspecified atom stereocenters. The molecular formula is C31H28Cl6N4O3. The van der Waals surface area contributed by atoms with Crippen LogP contribution in [0.1, 0.15) is 54.3 Å². The monoisotopic (exact) mass is 714 g/mol. The molecule has 1 aliphatic carbocycles. The molecule has 0 N–H and O–H groups in total. The van der Waals surface area contributed by atoms with Gasteiger partial charge in [-0.15, -0.1) is 0 Å². The lowest BCUT2D eigenvalue weighted by atomic mass is 9.90. The number of benzene rings is 2. The molecular weight excluding hydrogens is 689 g/mol. The van der Waals surface area contributed by atoms with Crippen LogP contribution in [0.4, 0.5) is 5.69 Å². The molecule has 0 bridgehead atoms. The normalized spacial score (nSPS) is 16.1. The summed E-state index contributed by atoms with van der Waals surface area (Å²) in [6.45, 7) is 4.63. The number of carbonyl (C=O) groups excluding carboxylic acids is 2. The summed E-state index contributed by atoms with van der Waals surface area (Å²) in [5.41, 5.74) is 3.39. The molecule has 0 saturated heterocycles. The van der Waals surface area contributed by atoms with Crippen molar-refractivity contribution in [1.82, 2.24) is 15.0 Å². The van der Waals surface area contributed by atoms with Crippen molar-refractivity contribution in [3.63, 3.8) is 0 Å². The van der Waals surface area contributed by atoms with Crippen molar-refractivity contribution < 1.29 is 14.3 Å². The van der Waals surface area contributed by atoms with E-state index in [4.69, 9.17) is 74.3 Å². The van der Waals surface area contributed by atoms with Gasteiger partial charge >= 0.3 is 5.97 Å². The van der Waals surface area contributed by atoms with Gasteiger partial charge in [-0.3, -0.25) is 4.79 Å². The van der Waals surface area contributed by atoms with Crippen molar-refractivity contribution in [2.75, 3.05) is 25.1 Å². The van der Waals surface area contributed by atoms with E-state index in [1.165, 1.54) is 0 Å². The molecule has 0 spiro atoms. The van der Waals surface area contributed by atoms with Crippen LogP contribution in [-0.2, 0) is 17.1 Å². The zero-order chi connectivity index (χ0) is 32.3. The van der Waals surface area contributed by atoms with E-state index in [2.05, 4.69) is 15.0 Å². The summed E-state index contributed by atoms with van der Waals surface area (Å²) >= 11 is 35.7. The van der Waals surface area contributed by atoms with E-state index in [1.54, 1.807) is 24.3 Å². The maximum Gasteiger partial charge on any atom is 0.338 e. The van der Waals surface area contributed by atoms with Crippen LogP contribution >= 0.6 is 69.6 Å². The number of rotatable bonds is 8. The standard InChI is InChI=1S/C31H28Cl6N4O3/c1-29(2)16-15-20(24(29)42)6-4-5-19-7-13-23(14-8-19)41(3)17-18-44-26(43)22-11-9-21(10-12-22)25-38-27(30(32,33)34)40-28(39-25)31(35,36)37/h4-14H,15-18H2,1-3H3/b5-4+,20-6+. The second-order valence-electron chi connectivity index (χ2n) is 10.8. The molecule has 44 heavy (non-hydrogen) atoms. The van der Waals surface area contributed by atoms with Crippen molar-refractivity contribution in [3.8, 4) is 11.4 Å². The fourth-order valence-corrected chi connectivity index (χ4v) is 4.89. The van der Waals surface area contributed by atoms with Gasteiger partial charge in [0.2, 0.25) is 7.59 Å². The van der Waals surface area contributed by atoms with Gasteiger partial charge in [-0.2, -0.15) is 0 Å². The van der Waals surface area contributed by atoms with Crippen molar-refractivity contribution in [2.24, 2.45) is 5.41 Å². The lowest BCUT2D eigenvalue weighted by Gasteiger charge is -2.19. The van der Waals surface area contributed by atoms with E-state index in [9.17, 15) is 9.59 Å². The Morgan fingerprint density at radius 2 is 1.52 bits per heavy atom. The van der Waals surface area contributed by atoms with Gasteiger partial charge in [0.1, 0.15) is 6.61 Å². The van der Waals surface area contributed by atoms with E-state index >= 15 is 0 Å². The minimum absolute atomic E-state index is 0.0932. The number of Topliss-reactive ketones (excluding diaryl/α,β-unsaturated/α-hetero) is 1. The summed E-state index contributed by atoms with van der Waals surface area (Å²) in [5, 5.41) is 0. The van der Waals surface area contributed by atoms with Gasteiger partial charge in [-0.05, 0) is 48.2 Å². The van der Waals surface area contributed by atoms with Crippen LogP contribution in [-0.4, -0.2) is 46.9 Å². The number of carbonyl (C=O) groups is 2. The van der Waals surface area contributed by atoms with Crippen LogP contribution in [0.25, 0.3) is 17.5 Å². The highest BCUT2D eigenvalue weighted by molar-refractivity contribution is 6.67. The van der Waals surface area contributed by atoms with E-state index in [-0.39, 0.29) is 35.3 Å². The molecule has 7 nitrogen and oxygen atoms in total. The number of hydrogen-bond donors (Lipinski definition) is 0. The molecule has 1 aliphatic rings. The molecule has 0 radical (unpaired) electrons.